The summed E-state index contributed by atoms with van der Waals surface area (Å²) in [6.45, 7) is 0. The first-order valence-corrected chi connectivity index (χ1v) is 5.66. The molecule has 4 aliphatic rings. The Morgan fingerprint density at radius 3 is 2.20 bits per heavy atom. The Labute approximate surface area is 78.0 Å². The maximum absolute atomic E-state index is 3.76. The molecule has 0 radical (unpaired) electrons. The Kier molecular flexibility index (Phi) is 1.07. The molecule has 0 aromatic heterocycles. The molecular weight excluding hydrogens is 256 g/mol. The average Bonchev–Trinajstić information content (AvgIpc) is 2.35. The normalized spacial score (nSPS) is 60.6. The van der Waals surface area contributed by atoms with E-state index in [0.29, 0.717) is 3.23 Å². The van der Waals surface area contributed by atoms with Crippen LogP contribution in [0.4, 0.5) is 0 Å². The fraction of sp³-hybridized carbons (Fsp3) is 1.00. The van der Waals surface area contributed by atoms with Gasteiger partial charge in [-0.15, -0.1) is 0 Å². The topological polar surface area (TPSA) is 0 Å². The molecule has 0 N–H and O–H groups in total. The molecule has 56 valence electrons. The second-order valence-electron chi connectivity index (χ2n) is 4.14. The molecule has 0 aliphatic heterocycles. The van der Waals surface area contributed by atoms with Gasteiger partial charge in [-0.1, -0.05) is 31.9 Å². The molecule has 2 unspecified atom stereocenters. The summed E-state index contributed by atoms with van der Waals surface area (Å²) in [5.41, 5.74) is 0. The summed E-state index contributed by atoms with van der Waals surface area (Å²) in [7, 11) is 0. The Balaban J connectivity index is 1.91. The van der Waals surface area contributed by atoms with Gasteiger partial charge in [-0.25, -0.2) is 0 Å². The predicted octanol–water partition coefficient (Wildman–Crippen LogP) is 3.15. The van der Waals surface area contributed by atoms with E-state index in [1.165, 1.54) is 19.3 Å². The maximum atomic E-state index is 3.76. The van der Waals surface area contributed by atoms with Crippen molar-refractivity contribution in [3.05, 3.63) is 0 Å². The molecule has 0 nitrogen and oxygen atoms in total. The fourth-order valence-corrected chi connectivity index (χ4v) is 5.06. The van der Waals surface area contributed by atoms with Crippen LogP contribution in [0.2, 0.25) is 0 Å². The van der Waals surface area contributed by atoms with Crippen LogP contribution in [0, 0.1) is 23.7 Å². The first-order chi connectivity index (χ1) is 4.69. The van der Waals surface area contributed by atoms with Gasteiger partial charge in [0.15, 0.2) is 0 Å². The summed E-state index contributed by atoms with van der Waals surface area (Å²) in [6.07, 6.45) is 4.54. The molecule has 0 amide bonds. The zero-order valence-corrected chi connectivity index (χ0v) is 8.86. The predicted molar refractivity (Wildman–Crippen MR) is 48.4 cm³/mol. The highest BCUT2D eigenvalue weighted by Gasteiger charge is 2.69. The van der Waals surface area contributed by atoms with Crippen molar-refractivity contribution >= 4 is 31.9 Å². The van der Waals surface area contributed by atoms with Gasteiger partial charge in [-0.3, -0.25) is 0 Å². The third-order valence-electron chi connectivity index (χ3n) is 3.63. The molecule has 4 saturated carbocycles. The van der Waals surface area contributed by atoms with E-state index in [2.05, 4.69) is 31.9 Å². The molecule has 2 atom stereocenters. The summed E-state index contributed by atoms with van der Waals surface area (Å²) in [5.74, 6) is 4.13. The van der Waals surface area contributed by atoms with Gasteiger partial charge < -0.3 is 0 Å². The van der Waals surface area contributed by atoms with Crippen LogP contribution in [0.3, 0.4) is 0 Å². The minimum absolute atomic E-state index is 0.385. The summed E-state index contributed by atoms with van der Waals surface area (Å²) in [6, 6.07) is 0. The van der Waals surface area contributed by atoms with Crippen molar-refractivity contribution in [1.29, 1.82) is 0 Å². The zero-order chi connectivity index (χ0) is 6.93. The third kappa shape index (κ3) is 0.592. The summed E-state index contributed by atoms with van der Waals surface area (Å²) in [5, 5.41) is 0. The van der Waals surface area contributed by atoms with Gasteiger partial charge >= 0.3 is 0 Å². The molecule has 0 saturated heterocycles. The first-order valence-electron chi connectivity index (χ1n) is 4.07. The van der Waals surface area contributed by atoms with Crippen molar-refractivity contribution in [3.63, 3.8) is 0 Å². The van der Waals surface area contributed by atoms with Crippen LogP contribution in [-0.2, 0) is 0 Å². The van der Waals surface area contributed by atoms with Crippen molar-refractivity contribution in [2.45, 2.75) is 22.5 Å². The second-order valence-corrected chi connectivity index (χ2v) is 7.83. The highest BCUT2D eigenvalue weighted by atomic mass is 79.9. The smallest absolute Gasteiger partial charge is 0.0721 e. The fourth-order valence-electron chi connectivity index (χ4n) is 3.00. The summed E-state index contributed by atoms with van der Waals surface area (Å²) < 4.78 is 0.385. The van der Waals surface area contributed by atoms with Crippen molar-refractivity contribution in [2.24, 2.45) is 23.7 Å². The van der Waals surface area contributed by atoms with E-state index in [1.807, 2.05) is 0 Å². The highest BCUT2D eigenvalue weighted by molar-refractivity contribution is 9.25. The lowest BCUT2D eigenvalue weighted by molar-refractivity contribution is 0.103. The average molecular weight is 266 g/mol. The van der Waals surface area contributed by atoms with Crippen LogP contribution < -0.4 is 0 Å². The second kappa shape index (κ2) is 1.66. The third-order valence-corrected chi connectivity index (χ3v) is 5.86. The Bertz CT molecular complexity index is 182. The van der Waals surface area contributed by atoms with E-state index in [9.17, 15) is 0 Å². The highest BCUT2D eigenvalue weighted by Crippen LogP contribution is 2.75. The van der Waals surface area contributed by atoms with Crippen molar-refractivity contribution in [2.75, 3.05) is 0 Å². The van der Waals surface area contributed by atoms with Crippen LogP contribution in [0.15, 0.2) is 0 Å². The summed E-state index contributed by atoms with van der Waals surface area (Å²) in [4.78, 5) is 0. The molecule has 2 heteroatoms. The van der Waals surface area contributed by atoms with Crippen molar-refractivity contribution in [1.82, 2.24) is 0 Å². The van der Waals surface area contributed by atoms with Crippen LogP contribution in [-0.4, -0.2) is 3.23 Å². The molecule has 0 aromatic rings. The van der Waals surface area contributed by atoms with Crippen LogP contribution in [0.1, 0.15) is 19.3 Å². The maximum Gasteiger partial charge on any atom is 0.0871 e. The molecule has 4 aliphatic carbocycles. The lowest BCUT2D eigenvalue weighted by Gasteiger charge is -2.40. The van der Waals surface area contributed by atoms with Gasteiger partial charge in [-0.2, -0.15) is 0 Å². The Morgan fingerprint density at radius 2 is 1.80 bits per heavy atom. The zero-order valence-electron chi connectivity index (χ0n) is 5.69. The van der Waals surface area contributed by atoms with E-state index in [4.69, 9.17) is 0 Å². The summed E-state index contributed by atoms with van der Waals surface area (Å²) >= 11 is 7.53. The first kappa shape index (κ1) is 6.47. The molecule has 0 heterocycles. The van der Waals surface area contributed by atoms with E-state index < -0.39 is 0 Å². The molecule has 4 fully saturated rings. The number of halogens is 2. The van der Waals surface area contributed by atoms with Crippen LogP contribution >= 0.6 is 31.9 Å². The van der Waals surface area contributed by atoms with Crippen LogP contribution in [0.5, 0.6) is 0 Å². The SMILES string of the molecule is BrC1(Br)C2CC3CC(C3)C21. The van der Waals surface area contributed by atoms with Gasteiger partial charge in [0.25, 0.3) is 0 Å². The Hall–Kier alpha value is 0.960. The quantitative estimate of drug-likeness (QED) is 0.591. The minimum atomic E-state index is 0.385. The number of hydrogen-bond donors (Lipinski definition) is 0. The van der Waals surface area contributed by atoms with Crippen LogP contribution in [0.25, 0.3) is 0 Å². The van der Waals surface area contributed by atoms with Gasteiger partial charge in [0, 0.05) is 0 Å². The van der Waals surface area contributed by atoms with E-state index >= 15 is 0 Å². The van der Waals surface area contributed by atoms with Gasteiger partial charge in [0.1, 0.15) is 0 Å². The molecule has 10 heavy (non-hydrogen) atoms. The van der Waals surface area contributed by atoms with Crippen molar-refractivity contribution in [3.8, 4) is 0 Å². The Morgan fingerprint density at radius 1 is 1.10 bits per heavy atom. The largest absolute Gasteiger partial charge is 0.0871 e. The number of alkyl halides is 2. The standard InChI is InChI=1S/C8H10Br2/c9-8(10)6-3-4-1-5(2-4)7(6)8/h4-7H,1-3H2. The number of hydrogen-bond acceptors (Lipinski definition) is 0. The number of rotatable bonds is 0. The molecule has 0 aromatic carbocycles. The van der Waals surface area contributed by atoms with E-state index in [0.717, 1.165) is 23.7 Å². The van der Waals surface area contributed by atoms with Gasteiger partial charge in [0.05, 0.1) is 3.23 Å². The minimum Gasteiger partial charge on any atom is -0.0721 e. The van der Waals surface area contributed by atoms with E-state index in [-0.39, 0.29) is 0 Å². The lowest BCUT2D eigenvalue weighted by Crippen LogP contribution is -2.30. The van der Waals surface area contributed by atoms with Gasteiger partial charge in [-0.05, 0) is 42.9 Å². The molecule has 4 rings (SSSR count). The van der Waals surface area contributed by atoms with E-state index in [1.54, 1.807) is 0 Å². The van der Waals surface area contributed by atoms with Gasteiger partial charge in [0.2, 0.25) is 0 Å². The molecule has 0 spiro atoms. The lowest BCUT2D eigenvalue weighted by atomic mass is 9.65. The monoisotopic (exact) mass is 264 g/mol. The molecule has 2 bridgehead atoms. The van der Waals surface area contributed by atoms with Crippen molar-refractivity contribution < 1.29 is 0 Å². The molecular formula is C8H10Br2.